The van der Waals surface area contributed by atoms with Gasteiger partial charge in [-0.3, -0.25) is 9.89 Å². The van der Waals surface area contributed by atoms with E-state index in [0.29, 0.717) is 25.3 Å². The fourth-order valence-corrected chi connectivity index (χ4v) is 3.01. The summed E-state index contributed by atoms with van der Waals surface area (Å²) in [5.74, 6) is 1.73. The Balaban J connectivity index is 0.00000364. The third kappa shape index (κ3) is 9.27. The monoisotopic (exact) mass is 494 g/mol. The highest BCUT2D eigenvalue weighted by Crippen LogP contribution is 2.10. The number of morpholine rings is 1. The van der Waals surface area contributed by atoms with Crippen molar-refractivity contribution < 1.29 is 13.9 Å². The molecule has 1 aliphatic rings. The molecule has 1 aliphatic heterocycles. The maximum Gasteiger partial charge on any atom is 0.191 e. The molecule has 27 heavy (non-hydrogen) atoms. The zero-order chi connectivity index (χ0) is 18.6. The SMILES string of the molecule is CCNC(=NCC(C)N1CCOCC1C)NCCCOCc1ccco1.I. The van der Waals surface area contributed by atoms with E-state index in [-0.39, 0.29) is 24.0 Å². The van der Waals surface area contributed by atoms with Crippen LogP contribution >= 0.6 is 24.0 Å². The molecule has 0 amide bonds. The van der Waals surface area contributed by atoms with Gasteiger partial charge in [-0.2, -0.15) is 0 Å². The molecule has 2 rings (SSSR count). The number of furan rings is 1. The molecule has 1 aromatic rings. The Bertz CT molecular complexity index is 513. The third-order valence-corrected chi connectivity index (χ3v) is 4.43. The molecule has 2 atom stereocenters. The quantitative estimate of drug-likeness (QED) is 0.226. The molecule has 0 spiro atoms. The predicted octanol–water partition coefficient (Wildman–Crippen LogP) is 2.47. The standard InChI is InChI=1S/C19H34N4O3.HI/c1-4-20-19(21-8-6-10-24-15-18-7-5-11-26-18)22-13-16(2)23-9-12-25-14-17(23)3;/h5,7,11,16-17H,4,6,8-10,12-15H2,1-3H3,(H2,20,21,22);1H. The maximum atomic E-state index is 5.60. The lowest BCUT2D eigenvalue weighted by Gasteiger charge is -2.37. The number of hydrogen-bond acceptors (Lipinski definition) is 5. The summed E-state index contributed by atoms with van der Waals surface area (Å²) < 4.78 is 16.4. The Morgan fingerprint density at radius 3 is 3.00 bits per heavy atom. The molecule has 156 valence electrons. The van der Waals surface area contributed by atoms with Gasteiger partial charge in [0.1, 0.15) is 12.4 Å². The smallest absolute Gasteiger partial charge is 0.191 e. The van der Waals surface area contributed by atoms with E-state index in [1.165, 1.54) is 0 Å². The maximum absolute atomic E-state index is 5.60. The lowest BCUT2D eigenvalue weighted by Crippen LogP contribution is -2.49. The summed E-state index contributed by atoms with van der Waals surface area (Å²) in [6.45, 7) is 12.8. The number of hydrogen-bond donors (Lipinski definition) is 2. The molecule has 0 aliphatic carbocycles. The van der Waals surface area contributed by atoms with Gasteiger partial charge in [-0.1, -0.05) is 0 Å². The van der Waals surface area contributed by atoms with Gasteiger partial charge in [-0.15, -0.1) is 24.0 Å². The normalized spacial score (nSPS) is 19.4. The van der Waals surface area contributed by atoms with Crippen molar-refractivity contribution in [2.75, 3.05) is 46.0 Å². The Labute approximate surface area is 180 Å². The van der Waals surface area contributed by atoms with Crippen LogP contribution in [0.4, 0.5) is 0 Å². The second kappa shape index (κ2) is 14.2. The molecule has 1 saturated heterocycles. The molecule has 2 unspecified atom stereocenters. The van der Waals surface area contributed by atoms with Crippen molar-refractivity contribution in [3.05, 3.63) is 24.2 Å². The highest BCUT2D eigenvalue weighted by molar-refractivity contribution is 14.0. The summed E-state index contributed by atoms with van der Waals surface area (Å²) in [6, 6.07) is 4.65. The zero-order valence-corrected chi connectivity index (χ0v) is 19.1. The molecule has 2 N–H and O–H groups in total. The largest absolute Gasteiger partial charge is 0.467 e. The van der Waals surface area contributed by atoms with Crippen molar-refractivity contribution in [2.45, 2.75) is 45.9 Å². The second-order valence-corrected chi connectivity index (χ2v) is 6.64. The summed E-state index contributed by atoms with van der Waals surface area (Å²) >= 11 is 0. The number of guanidine groups is 1. The molecule has 7 nitrogen and oxygen atoms in total. The number of nitrogens with zero attached hydrogens (tertiary/aromatic N) is 2. The molecule has 1 fully saturated rings. The predicted molar refractivity (Wildman–Crippen MR) is 119 cm³/mol. The van der Waals surface area contributed by atoms with Crippen LogP contribution in [-0.4, -0.2) is 68.9 Å². The van der Waals surface area contributed by atoms with E-state index in [1.54, 1.807) is 6.26 Å². The van der Waals surface area contributed by atoms with Crippen LogP contribution in [0.3, 0.4) is 0 Å². The van der Waals surface area contributed by atoms with Crippen LogP contribution in [0.2, 0.25) is 0 Å². The molecule has 1 aromatic heterocycles. The van der Waals surface area contributed by atoms with E-state index in [1.807, 2.05) is 12.1 Å². The van der Waals surface area contributed by atoms with Gasteiger partial charge in [0.05, 0.1) is 26.0 Å². The highest BCUT2D eigenvalue weighted by Gasteiger charge is 2.23. The van der Waals surface area contributed by atoms with Crippen molar-refractivity contribution in [1.29, 1.82) is 0 Å². The summed E-state index contributed by atoms with van der Waals surface area (Å²) in [6.07, 6.45) is 2.58. The van der Waals surface area contributed by atoms with E-state index < -0.39 is 0 Å². The number of ether oxygens (including phenoxy) is 2. The summed E-state index contributed by atoms with van der Waals surface area (Å²) in [5, 5.41) is 6.68. The highest BCUT2D eigenvalue weighted by atomic mass is 127. The zero-order valence-electron chi connectivity index (χ0n) is 16.8. The van der Waals surface area contributed by atoms with E-state index in [2.05, 4.69) is 36.3 Å². The Hall–Kier alpha value is -0.840. The fraction of sp³-hybridized carbons (Fsp3) is 0.737. The van der Waals surface area contributed by atoms with Crippen LogP contribution in [0.1, 0.15) is 33.0 Å². The number of nitrogens with one attached hydrogen (secondary N) is 2. The fourth-order valence-electron chi connectivity index (χ4n) is 3.01. The van der Waals surface area contributed by atoms with Crippen LogP contribution in [0.15, 0.2) is 27.8 Å². The summed E-state index contributed by atoms with van der Waals surface area (Å²) in [4.78, 5) is 7.21. The van der Waals surface area contributed by atoms with E-state index >= 15 is 0 Å². The Kier molecular flexibility index (Phi) is 12.7. The number of aliphatic imine (C=N–C) groups is 1. The van der Waals surface area contributed by atoms with Gasteiger partial charge in [0, 0.05) is 38.3 Å². The van der Waals surface area contributed by atoms with E-state index in [4.69, 9.17) is 18.9 Å². The second-order valence-electron chi connectivity index (χ2n) is 6.64. The summed E-state index contributed by atoms with van der Waals surface area (Å²) in [7, 11) is 0. The van der Waals surface area contributed by atoms with Gasteiger partial charge < -0.3 is 24.5 Å². The van der Waals surface area contributed by atoms with Gasteiger partial charge in [0.2, 0.25) is 0 Å². The van der Waals surface area contributed by atoms with Crippen LogP contribution in [0.5, 0.6) is 0 Å². The van der Waals surface area contributed by atoms with Crippen LogP contribution in [0.25, 0.3) is 0 Å². The first-order valence-electron chi connectivity index (χ1n) is 9.66. The average molecular weight is 494 g/mol. The minimum absolute atomic E-state index is 0. The molecular weight excluding hydrogens is 459 g/mol. The first kappa shape index (κ1) is 24.2. The third-order valence-electron chi connectivity index (χ3n) is 4.43. The van der Waals surface area contributed by atoms with E-state index in [9.17, 15) is 0 Å². The van der Waals surface area contributed by atoms with Gasteiger partial charge in [-0.25, -0.2) is 0 Å². The first-order valence-corrected chi connectivity index (χ1v) is 9.66. The molecule has 2 heterocycles. The molecule has 0 aromatic carbocycles. The molecular formula is C19H35IN4O3. The van der Waals surface area contributed by atoms with Crippen molar-refractivity contribution in [2.24, 2.45) is 4.99 Å². The molecule has 0 bridgehead atoms. The minimum Gasteiger partial charge on any atom is -0.467 e. The summed E-state index contributed by atoms with van der Waals surface area (Å²) in [5.41, 5.74) is 0. The topological polar surface area (TPSA) is 71.3 Å². The van der Waals surface area contributed by atoms with Gasteiger partial charge in [0.25, 0.3) is 0 Å². The van der Waals surface area contributed by atoms with Crippen molar-refractivity contribution in [3.8, 4) is 0 Å². The lowest BCUT2D eigenvalue weighted by atomic mass is 10.2. The lowest BCUT2D eigenvalue weighted by molar-refractivity contribution is -0.0165. The minimum atomic E-state index is 0. The van der Waals surface area contributed by atoms with Crippen LogP contribution in [-0.2, 0) is 16.1 Å². The van der Waals surface area contributed by atoms with Gasteiger partial charge in [-0.05, 0) is 39.3 Å². The van der Waals surface area contributed by atoms with E-state index in [0.717, 1.165) is 57.5 Å². The molecule has 0 radical (unpaired) electrons. The van der Waals surface area contributed by atoms with Crippen LogP contribution in [0, 0.1) is 0 Å². The average Bonchev–Trinajstić information content (AvgIpc) is 3.16. The van der Waals surface area contributed by atoms with Crippen molar-refractivity contribution in [1.82, 2.24) is 15.5 Å². The van der Waals surface area contributed by atoms with Crippen molar-refractivity contribution >= 4 is 29.9 Å². The van der Waals surface area contributed by atoms with Crippen molar-refractivity contribution in [3.63, 3.8) is 0 Å². The number of halogens is 1. The molecule has 8 heteroatoms. The van der Waals surface area contributed by atoms with Gasteiger partial charge in [0.15, 0.2) is 5.96 Å². The first-order chi connectivity index (χ1) is 12.7. The number of rotatable bonds is 10. The molecule has 0 saturated carbocycles. The Morgan fingerprint density at radius 1 is 1.44 bits per heavy atom. The Morgan fingerprint density at radius 2 is 2.30 bits per heavy atom. The van der Waals surface area contributed by atoms with Gasteiger partial charge >= 0.3 is 0 Å². The van der Waals surface area contributed by atoms with Crippen LogP contribution < -0.4 is 10.6 Å².